The number of nitrogens with two attached hydrogens (primary N) is 1. The zero-order chi connectivity index (χ0) is 14.8. The molecule has 2 nitrogen and oxygen atoms in total. The van der Waals surface area contributed by atoms with Crippen LogP contribution in [0.25, 0.3) is 0 Å². The summed E-state index contributed by atoms with van der Waals surface area (Å²) in [6, 6.07) is 6.61. The second kappa shape index (κ2) is 6.41. The molecular weight excluding hydrogens is 270 g/mol. The maximum absolute atomic E-state index is 12.8. The van der Waals surface area contributed by atoms with E-state index in [1.54, 1.807) is 12.1 Å². The van der Waals surface area contributed by atoms with Gasteiger partial charge < -0.3 is 11.1 Å². The van der Waals surface area contributed by atoms with Crippen molar-refractivity contribution in [2.75, 3.05) is 13.1 Å². The summed E-state index contributed by atoms with van der Waals surface area (Å²) in [5.41, 5.74) is 6.80. The van der Waals surface area contributed by atoms with E-state index in [1.807, 2.05) is 6.07 Å². The van der Waals surface area contributed by atoms with Crippen LogP contribution in [0.2, 0.25) is 0 Å². The van der Waals surface area contributed by atoms with Gasteiger partial charge in [-0.2, -0.15) is 0 Å². The van der Waals surface area contributed by atoms with E-state index in [9.17, 15) is 8.78 Å². The van der Waals surface area contributed by atoms with Gasteiger partial charge in [0.2, 0.25) is 0 Å². The molecule has 3 rings (SSSR count). The Morgan fingerprint density at radius 3 is 2.24 bits per heavy atom. The molecule has 21 heavy (non-hydrogen) atoms. The predicted octanol–water partition coefficient (Wildman–Crippen LogP) is 3.65. The highest BCUT2D eigenvalue weighted by molar-refractivity contribution is 5.27. The van der Waals surface area contributed by atoms with Crippen LogP contribution in [0.3, 0.4) is 0 Å². The fourth-order valence-electron chi connectivity index (χ4n) is 3.29. The minimum atomic E-state index is -2.42. The van der Waals surface area contributed by atoms with Gasteiger partial charge in [-0.15, -0.1) is 0 Å². The standard InChI is InChI=1S/C17H24F2N2/c18-17(19)14-3-1-2-13(8-14)16(9-20)21-10-15(11-4-5-11)12-6-7-12/h1-3,8,11-12,15-17,21H,4-7,9-10,20H2. The molecule has 0 bridgehead atoms. The Balaban J connectivity index is 1.62. The molecule has 2 fully saturated rings. The fraction of sp³-hybridized carbons (Fsp3) is 0.647. The van der Waals surface area contributed by atoms with Crippen LogP contribution in [0.1, 0.15) is 49.3 Å². The molecule has 0 heterocycles. The number of nitrogens with one attached hydrogen (secondary N) is 1. The topological polar surface area (TPSA) is 38.0 Å². The first-order chi connectivity index (χ1) is 10.2. The largest absolute Gasteiger partial charge is 0.329 e. The number of benzene rings is 1. The Kier molecular flexibility index (Phi) is 4.55. The Bertz CT molecular complexity index is 458. The highest BCUT2D eigenvalue weighted by Gasteiger charge is 2.41. The van der Waals surface area contributed by atoms with Gasteiger partial charge in [0.15, 0.2) is 0 Å². The van der Waals surface area contributed by atoms with Crippen molar-refractivity contribution in [1.82, 2.24) is 5.32 Å². The third-order valence-electron chi connectivity index (χ3n) is 4.86. The van der Waals surface area contributed by atoms with Gasteiger partial charge in [-0.1, -0.05) is 18.2 Å². The molecule has 0 radical (unpaired) electrons. The highest BCUT2D eigenvalue weighted by atomic mass is 19.3. The molecule has 0 amide bonds. The number of hydrogen-bond acceptors (Lipinski definition) is 2. The first-order valence-corrected chi connectivity index (χ1v) is 8.00. The lowest BCUT2D eigenvalue weighted by Gasteiger charge is -2.23. The van der Waals surface area contributed by atoms with E-state index >= 15 is 0 Å². The monoisotopic (exact) mass is 294 g/mol. The van der Waals surface area contributed by atoms with Crippen molar-refractivity contribution in [2.24, 2.45) is 23.5 Å². The van der Waals surface area contributed by atoms with Crippen molar-refractivity contribution in [3.63, 3.8) is 0 Å². The molecule has 4 heteroatoms. The molecular formula is C17H24F2N2. The molecule has 1 atom stereocenters. The van der Waals surface area contributed by atoms with Crippen LogP contribution in [0, 0.1) is 17.8 Å². The van der Waals surface area contributed by atoms with Gasteiger partial charge in [0.1, 0.15) is 0 Å². The van der Waals surface area contributed by atoms with Crippen LogP contribution in [0.15, 0.2) is 24.3 Å². The summed E-state index contributed by atoms with van der Waals surface area (Å²) in [5.74, 6) is 2.53. The van der Waals surface area contributed by atoms with E-state index in [0.717, 1.165) is 29.9 Å². The van der Waals surface area contributed by atoms with Gasteiger partial charge in [0, 0.05) is 18.2 Å². The van der Waals surface area contributed by atoms with Gasteiger partial charge in [-0.3, -0.25) is 0 Å². The Hall–Kier alpha value is -1.00. The van der Waals surface area contributed by atoms with Gasteiger partial charge >= 0.3 is 0 Å². The smallest absolute Gasteiger partial charge is 0.263 e. The third-order valence-corrected chi connectivity index (χ3v) is 4.86. The number of alkyl halides is 2. The minimum Gasteiger partial charge on any atom is -0.329 e. The van der Waals surface area contributed by atoms with Gasteiger partial charge in [0.25, 0.3) is 6.43 Å². The van der Waals surface area contributed by atoms with Gasteiger partial charge in [0.05, 0.1) is 0 Å². The fourth-order valence-corrected chi connectivity index (χ4v) is 3.29. The Morgan fingerprint density at radius 1 is 1.10 bits per heavy atom. The van der Waals surface area contributed by atoms with Crippen LogP contribution in [0.4, 0.5) is 8.78 Å². The molecule has 1 aromatic rings. The maximum Gasteiger partial charge on any atom is 0.263 e. The van der Waals surface area contributed by atoms with Crippen molar-refractivity contribution >= 4 is 0 Å². The molecule has 0 aliphatic heterocycles. The number of halogens is 2. The average molecular weight is 294 g/mol. The molecule has 2 aliphatic rings. The summed E-state index contributed by atoms with van der Waals surface area (Å²) in [5, 5.41) is 3.52. The van der Waals surface area contributed by atoms with E-state index in [2.05, 4.69) is 5.32 Å². The molecule has 0 spiro atoms. The first kappa shape index (κ1) is 14.9. The van der Waals surface area contributed by atoms with E-state index in [4.69, 9.17) is 5.73 Å². The third kappa shape index (κ3) is 3.80. The summed E-state index contributed by atoms with van der Waals surface area (Å²) in [6.45, 7) is 1.41. The van der Waals surface area contributed by atoms with Crippen LogP contribution < -0.4 is 11.1 Å². The summed E-state index contributed by atoms with van der Waals surface area (Å²) in [6.07, 6.45) is 3.01. The molecule has 0 aromatic heterocycles. The number of hydrogen-bond donors (Lipinski definition) is 2. The van der Waals surface area contributed by atoms with Crippen molar-refractivity contribution < 1.29 is 8.78 Å². The van der Waals surface area contributed by atoms with E-state index in [0.29, 0.717) is 6.54 Å². The summed E-state index contributed by atoms with van der Waals surface area (Å²) in [7, 11) is 0. The molecule has 1 aromatic carbocycles. The molecule has 2 saturated carbocycles. The van der Waals surface area contributed by atoms with Crippen molar-refractivity contribution in [2.45, 2.75) is 38.2 Å². The van der Waals surface area contributed by atoms with Crippen molar-refractivity contribution in [3.8, 4) is 0 Å². The number of rotatable bonds is 8. The SMILES string of the molecule is NCC(NCC(C1CC1)C1CC1)c1cccc(C(F)F)c1. The zero-order valence-electron chi connectivity index (χ0n) is 12.3. The quantitative estimate of drug-likeness (QED) is 0.768. The van der Waals surface area contributed by atoms with Gasteiger partial charge in [-0.05, 0) is 61.6 Å². The van der Waals surface area contributed by atoms with Crippen LogP contribution >= 0.6 is 0 Å². The molecule has 0 saturated heterocycles. The highest BCUT2D eigenvalue weighted by Crippen LogP contribution is 2.49. The molecule has 3 N–H and O–H groups in total. The normalized spacial score (nSPS) is 20.2. The van der Waals surface area contributed by atoms with Crippen molar-refractivity contribution in [1.29, 1.82) is 0 Å². The zero-order valence-corrected chi connectivity index (χ0v) is 12.3. The van der Waals surface area contributed by atoms with E-state index in [1.165, 1.54) is 31.7 Å². The van der Waals surface area contributed by atoms with Crippen LogP contribution in [0.5, 0.6) is 0 Å². The minimum absolute atomic E-state index is 0.0244. The van der Waals surface area contributed by atoms with E-state index < -0.39 is 6.43 Å². The Labute approximate surface area is 125 Å². The lowest BCUT2D eigenvalue weighted by atomic mass is 9.96. The first-order valence-electron chi connectivity index (χ1n) is 8.00. The van der Waals surface area contributed by atoms with Crippen molar-refractivity contribution in [3.05, 3.63) is 35.4 Å². The molecule has 2 aliphatic carbocycles. The molecule has 1 unspecified atom stereocenters. The lowest BCUT2D eigenvalue weighted by molar-refractivity contribution is 0.151. The van der Waals surface area contributed by atoms with Crippen LogP contribution in [-0.2, 0) is 0 Å². The predicted molar refractivity (Wildman–Crippen MR) is 80.1 cm³/mol. The van der Waals surface area contributed by atoms with E-state index in [-0.39, 0.29) is 11.6 Å². The lowest BCUT2D eigenvalue weighted by Crippen LogP contribution is -2.33. The van der Waals surface area contributed by atoms with Gasteiger partial charge in [-0.25, -0.2) is 8.78 Å². The summed E-state index contributed by atoms with van der Waals surface area (Å²) < 4.78 is 25.6. The average Bonchev–Trinajstić information content (AvgIpc) is 3.37. The van der Waals surface area contributed by atoms with Crippen LogP contribution in [-0.4, -0.2) is 13.1 Å². The Morgan fingerprint density at radius 2 is 1.71 bits per heavy atom. The summed E-state index contributed by atoms with van der Waals surface area (Å²) in [4.78, 5) is 0. The second-order valence-corrected chi connectivity index (χ2v) is 6.51. The second-order valence-electron chi connectivity index (χ2n) is 6.51. The maximum atomic E-state index is 12.8. The molecule has 116 valence electrons. The summed E-state index contributed by atoms with van der Waals surface area (Å²) >= 11 is 0.